The van der Waals surface area contributed by atoms with Crippen molar-refractivity contribution in [1.29, 1.82) is 0 Å². The van der Waals surface area contributed by atoms with E-state index in [1.54, 1.807) is 16.8 Å². The van der Waals surface area contributed by atoms with E-state index in [0.717, 1.165) is 30.3 Å². The maximum absolute atomic E-state index is 13.0. The molecule has 0 spiro atoms. The number of halogens is 3. The van der Waals surface area contributed by atoms with E-state index in [9.17, 15) is 22.8 Å². The van der Waals surface area contributed by atoms with Crippen LogP contribution in [0, 0.1) is 5.92 Å². The number of hydrogen-bond acceptors (Lipinski definition) is 7. The number of nitrogens with zero attached hydrogens (tertiary/aromatic N) is 4. The lowest BCUT2D eigenvalue weighted by atomic mass is 10.0. The molecule has 1 atom stereocenters. The first-order chi connectivity index (χ1) is 17.7. The molecule has 0 radical (unpaired) electrons. The van der Waals surface area contributed by atoms with Crippen molar-refractivity contribution in [2.45, 2.75) is 25.6 Å². The summed E-state index contributed by atoms with van der Waals surface area (Å²) in [4.78, 5) is 32.0. The normalized spacial score (nSPS) is 15.7. The summed E-state index contributed by atoms with van der Waals surface area (Å²) in [6.45, 7) is 1.25. The largest absolute Gasteiger partial charge is 0.494 e. The Kier molecular flexibility index (Phi) is 6.27. The Morgan fingerprint density at radius 1 is 1.32 bits per heavy atom. The van der Waals surface area contributed by atoms with Crippen LogP contribution in [0.25, 0.3) is 22.4 Å². The van der Waals surface area contributed by atoms with Gasteiger partial charge in [0.2, 0.25) is 11.8 Å². The van der Waals surface area contributed by atoms with E-state index in [2.05, 4.69) is 25.7 Å². The minimum Gasteiger partial charge on any atom is -0.494 e. The molecule has 4 aromatic rings. The van der Waals surface area contributed by atoms with Crippen LogP contribution in [0.3, 0.4) is 0 Å². The fourth-order valence-electron chi connectivity index (χ4n) is 4.11. The number of anilines is 1. The fourth-order valence-corrected chi connectivity index (χ4v) is 4.11. The van der Waals surface area contributed by atoms with Gasteiger partial charge in [0.15, 0.2) is 5.69 Å². The number of aromatic nitrogens is 4. The number of carbonyl (C=O) groups is 2. The van der Waals surface area contributed by atoms with Gasteiger partial charge in [0, 0.05) is 48.4 Å². The first-order valence-electron chi connectivity index (χ1n) is 11.3. The minimum atomic E-state index is -4.63. The van der Waals surface area contributed by atoms with Gasteiger partial charge in [-0.15, -0.1) is 0 Å². The SMILES string of the molecule is COc1cc2nn(CCC3CCNC3=O)cc2cc1NC(=O)c1coc(-c2ccnc(C(F)(F)F)c2)n1. The maximum atomic E-state index is 13.0. The van der Waals surface area contributed by atoms with Crippen LogP contribution in [-0.2, 0) is 17.5 Å². The van der Waals surface area contributed by atoms with Gasteiger partial charge >= 0.3 is 6.18 Å². The van der Waals surface area contributed by atoms with Crippen LogP contribution in [0.5, 0.6) is 5.75 Å². The summed E-state index contributed by atoms with van der Waals surface area (Å²) in [7, 11) is 1.45. The van der Waals surface area contributed by atoms with Gasteiger partial charge in [0.25, 0.3) is 5.91 Å². The van der Waals surface area contributed by atoms with Gasteiger partial charge in [-0.25, -0.2) is 4.98 Å². The third kappa shape index (κ3) is 5.10. The molecule has 3 aromatic heterocycles. The predicted octanol–water partition coefficient (Wildman–Crippen LogP) is 3.89. The number of oxazole rings is 1. The second kappa shape index (κ2) is 9.56. The van der Waals surface area contributed by atoms with Gasteiger partial charge in [-0.3, -0.25) is 19.3 Å². The highest BCUT2D eigenvalue weighted by Gasteiger charge is 2.33. The lowest BCUT2D eigenvalue weighted by Gasteiger charge is -2.09. The minimum absolute atomic E-state index is 0.0304. The van der Waals surface area contributed by atoms with E-state index in [1.807, 2.05) is 6.20 Å². The third-order valence-corrected chi connectivity index (χ3v) is 6.02. The Morgan fingerprint density at radius 2 is 2.16 bits per heavy atom. The standard InChI is InChI=1S/C24H21F3N6O4/c1-36-19-10-16-15(11-33(32-16)7-4-13-2-6-29-21(13)34)8-17(19)30-22(35)18-12-37-23(31-18)14-3-5-28-20(9-14)24(25,26)27/h3,5,8-13H,2,4,6-7H2,1H3,(H,29,34)(H,30,35). The van der Waals surface area contributed by atoms with Crippen molar-refractivity contribution in [3.05, 3.63) is 54.3 Å². The third-order valence-electron chi connectivity index (χ3n) is 6.02. The van der Waals surface area contributed by atoms with Crippen LogP contribution in [0.2, 0.25) is 0 Å². The molecule has 37 heavy (non-hydrogen) atoms. The van der Waals surface area contributed by atoms with Gasteiger partial charge in [-0.1, -0.05) is 0 Å². The number of rotatable bonds is 7. The number of pyridine rings is 1. The Labute approximate surface area is 207 Å². The van der Waals surface area contributed by atoms with E-state index >= 15 is 0 Å². The van der Waals surface area contributed by atoms with Crippen molar-refractivity contribution in [2.24, 2.45) is 5.92 Å². The van der Waals surface area contributed by atoms with Crippen LogP contribution in [0.1, 0.15) is 29.0 Å². The van der Waals surface area contributed by atoms with E-state index in [1.165, 1.54) is 13.2 Å². The summed E-state index contributed by atoms with van der Waals surface area (Å²) in [6.07, 6.45) is 0.699. The van der Waals surface area contributed by atoms with Crippen LogP contribution >= 0.6 is 0 Å². The zero-order valence-corrected chi connectivity index (χ0v) is 19.5. The van der Waals surface area contributed by atoms with E-state index in [-0.39, 0.29) is 29.0 Å². The number of alkyl halides is 3. The van der Waals surface area contributed by atoms with Gasteiger partial charge < -0.3 is 19.8 Å². The second-order valence-corrected chi connectivity index (χ2v) is 8.49. The maximum Gasteiger partial charge on any atom is 0.433 e. The lowest BCUT2D eigenvalue weighted by molar-refractivity contribution is -0.141. The summed E-state index contributed by atoms with van der Waals surface area (Å²) in [5.74, 6) is -0.413. The molecule has 1 aliphatic heterocycles. The van der Waals surface area contributed by atoms with Crippen molar-refractivity contribution in [2.75, 3.05) is 19.0 Å². The van der Waals surface area contributed by atoms with Gasteiger partial charge in [-0.05, 0) is 31.0 Å². The Hall–Kier alpha value is -4.42. The molecule has 13 heteroatoms. The van der Waals surface area contributed by atoms with Crippen molar-refractivity contribution >= 4 is 28.4 Å². The van der Waals surface area contributed by atoms with Crippen molar-refractivity contribution in [1.82, 2.24) is 25.1 Å². The number of ether oxygens (including phenoxy) is 1. The van der Waals surface area contributed by atoms with Gasteiger partial charge in [0.05, 0.1) is 18.3 Å². The molecule has 1 fully saturated rings. The number of aryl methyl sites for hydroxylation is 1. The zero-order valence-electron chi connectivity index (χ0n) is 19.5. The summed E-state index contributed by atoms with van der Waals surface area (Å²) < 4.78 is 51.3. The van der Waals surface area contributed by atoms with Crippen molar-refractivity contribution in [3.63, 3.8) is 0 Å². The molecule has 5 rings (SSSR count). The number of fused-ring (bicyclic) bond motifs is 1. The molecule has 1 aliphatic rings. The van der Waals surface area contributed by atoms with Crippen LogP contribution in [0.4, 0.5) is 18.9 Å². The van der Waals surface area contributed by atoms with Crippen LogP contribution in [-0.4, -0.2) is 45.2 Å². The summed E-state index contributed by atoms with van der Waals surface area (Å²) >= 11 is 0. The molecule has 0 bridgehead atoms. The number of carbonyl (C=O) groups excluding carboxylic acids is 2. The van der Waals surface area contributed by atoms with Crippen LogP contribution in [0.15, 0.2) is 47.3 Å². The van der Waals surface area contributed by atoms with Crippen molar-refractivity contribution < 1.29 is 31.9 Å². The number of amides is 2. The average Bonchev–Trinajstić information content (AvgIpc) is 3.61. The molecule has 0 saturated carbocycles. The number of hydrogen-bond donors (Lipinski definition) is 2. The fraction of sp³-hybridized carbons (Fsp3) is 0.292. The monoisotopic (exact) mass is 514 g/mol. The first-order valence-corrected chi connectivity index (χ1v) is 11.3. The molecule has 1 saturated heterocycles. The average molecular weight is 514 g/mol. The van der Waals surface area contributed by atoms with Crippen LogP contribution < -0.4 is 15.4 Å². The summed E-state index contributed by atoms with van der Waals surface area (Å²) in [5.41, 5.74) is -0.203. The molecule has 2 amide bonds. The molecule has 0 aliphatic carbocycles. The van der Waals surface area contributed by atoms with Gasteiger partial charge in [0.1, 0.15) is 17.7 Å². The molecule has 4 heterocycles. The summed E-state index contributed by atoms with van der Waals surface area (Å²) in [5, 5.41) is 10.8. The molecule has 2 N–H and O–H groups in total. The smallest absolute Gasteiger partial charge is 0.433 e. The molecular formula is C24H21F3N6O4. The number of methoxy groups -OCH3 is 1. The van der Waals surface area contributed by atoms with E-state index in [0.29, 0.717) is 36.5 Å². The highest BCUT2D eigenvalue weighted by Crippen LogP contribution is 2.32. The lowest BCUT2D eigenvalue weighted by Crippen LogP contribution is -2.20. The quantitative estimate of drug-likeness (QED) is 0.383. The first kappa shape index (κ1) is 24.3. The van der Waals surface area contributed by atoms with E-state index < -0.39 is 17.8 Å². The van der Waals surface area contributed by atoms with E-state index in [4.69, 9.17) is 9.15 Å². The molecular weight excluding hydrogens is 493 g/mol. The number of nitrogens with one attached hydrogen (secondary N) is 2. The highest BCUT2D eigenvalue weighted by atomic mass is 19.4. The topological polar surface area (TPSA) is 124 Å². The molecule has 10 nitrogen and oxygen atoms in total. The molecule has 192 valence electrons. The number of benzene rings is 1. The zero-order chi connectivity index (χ0) is 26.2. The van der Waals surface area contributed by atoms with Crippen molar-refractivity contribution in [3.8, 4) is 17.2 Å². The van der Waals surface area contributed by atoms with Gasteiger partial charge in [-0.2, -0.15) is 18.3 Å². The highest BCUT2D eigenvalue weighted by molar-refractivity contribution is 6.05. The summed E-state index contributed by atoms with van der Waals surface area (Å²) in [6, 6.07) is 5.46. The Morgan fingerprint density at radius 3 is 2.89 bits per heavy atom. The second-order valence-electron chi connectivity index (χ2n) is 8.49. The Balaban J connectivity index is 1.33. The molecule has 1 unspecified atom stereocenters. The predicted molar refractivity (Wildman–Crippen MR) is 125 cm³/mol. The Bertz CT molecular complexity index is 1480. The molecule has 1 aromatic carbocycles.